The third-order valence-corrected chi connectivity index (χ3v) is 3.42. The Morgan fingerprint density at radius 3 is 2.71 bits per heavy atom. The first-order valence-electron chi connectivity index (χ1n) is 5.49. The lowest BCUT2D eigenvalue weighted by atomic mass is 10.2. The van der Waals surface area contributed by atoms with E-state index in [1.54, 1.807) is 11.3 Å². The number of hydrogen-bond acceptors (Lipinski definition) is 2. The second-order valence-corrected chi connectivity index (χ2v) is 4.76. The summed E-state index contributed by atoms with van der Waals surface area (Å²) in [4.78, 5) is 5.84. The topological polar surface area (TPSA) is 12.9 Å². The van der Waals surface area contributed by atoms with Crippen LogP contribution in [0.1, 0.15) is 10.6 Å². The summed E-state index contributed by atoms with van der Waals surface area (Å²) in [5.41, 5.74) is 2.04. The Balaban J connectivity index is 1.96. The molecule has 0 amide bonds. The van der Waals surface area contributed by atoms with Gasteiger partial charge in [-0.2, -0.15) is 0 Å². The lowest BCUT2D eigenvalue weighted by Gasteiger charge is -1.97. The zero-order valence-corrected chi connectivity index (χ0v) is 10.0. The molecular weight excluding hydrogens is 226 g/mol. The van der Waals surface area contributed by atoms with E-state index < -0.39 is 0 Å². The molecule has 0 N–H and O–H groups in total. The molecule has 0 radical (unpaired) electrons. The summed E-state index contributed by atoms with van der Waals surface area (Å²) in [6, 6.07) is 16.5. The molecule has 0 spiro atoms. The van der Waals surface area contributed by atoms with E-state index in [1.165, 1.54) is 10.3 Å². The molecule has 1 nitrogen and oxygen atoms in total. The quantitative estimate of drug-likeness (QED) is 0.641. The van der Waals surface area contributed by atoms with E-state index in [9.17, 15) is 0 Å². The maximum absolute atomic E-state index is 4.59. The third-order valence-electron chi connectivity index (χ3n) is 2.58. The largest absolute Gasteiger partial charge is 0.248 e. The van der Waals surface area contributed by atoms with Crippen molar-refractivity contribution in [1.29, 1.82) is 0 Å². The highest BCUT2D eigenvalue weighted by Gasteiger charge is 1.94. The molecule has 0 aliphatic heterocycles. The van der Waals surface area contributed by atoms with Crippen LogP contribution in [0.4, 0.5) is 0 Å². The molecule has 0 unspecified atom stereocenters. The number of aromatic nitrogens is 1. The van der Waals surface area contributed by atoms with Gasteiger partial charge in [0.25, 0.3) is 0 Å². The van der Waals surface area contributed by atoms with Gasteiger partial charge in [-0.25, -0.2) is 4.98 Å². The van der Waals surface area contributed by atoms with E-state index in [0.717, 1.165) is 11.2 Å². The monoisotopic (exact) mass is 237 g/mol. The number of rotatable bonds is 2. The van der Waals surface area contributed by atoms with Gasteiger partial charge in [0.2, 0.25) is 0 Å². The fourth-order valence-electron chi connectivity index (χ4n) is 1.73. The summed E-state index contributed by atoms with van der Waals surface area (Å²) in [6.07, 6.45) is 4.15. The van der Waals surface area contributed by atoms with Crippen LogP contribution in [0.25, 0.3) is 23.1 Å². The summed E-state index contributed by atoms with van der Waals surface area (Å²) in [7, 11) is 0. The molecule has 0 aliphatic rings. The summed E-state index contributed by atoms with van der Waals surface area (Å²) in [6.45, 7) is 0. The van der Waals surface area contributed by atoms with Crippen molar-refractivity contribution in [1.82, 2.24) is 4.98 Å². The first-order valence-corrected chi connectivity index (χ1v) is 6.37. The molecular formula is C15H11NS. The number of nitrogens with zero attached hydrogens (tertiary/aromatic N) is 1. The van der Waals surface area contributed by atoms with Gasteiger partial charge in [0.05, 0.1) is 11.2 Å². The van der Waals surface area contributed by atoms with Gasteiger partial charge in [-0.05, 0) is 35.7 Å². The van der Waals surface area contributed by atoms with Gasteiger partial charge in [-0.15, -0.1) is 11.3 Å². The normalized spacial score (nSPS) is 11.3. The van der Waals surface area contributed by atoms with Crippen LogP contribution in [-0.4, -0.2) is 4.98 Å². The van der Waals surface area contributed by atoms with Crippen LogP contribution in [-0.2, 0) is 0 Å². The first-order chi connectivity index (χ1) is 8.42. The summed E-state index contributed by atoms with van der Waals surface area (Å²) in [5.74, 6) is 0. The molecule has 0 saturated carbocycles. The summed E-state index contributed by atoms with van der Waals surface area (Å²) in [5, 5.41) is 3.26. The van der Waals surface area contributed by atoms with E-state index in [-0.39, 0.29) is 0 Å². The lowest BCUT2D eigenvalue weighted by molar-refractivity contribution is 1.37. The van der Waals surface area contributed by atoms with Crippen molar-refractivity contribution in [2.24, 2.45) is 0 Å². The number of hydrogen-bond donors (Lipinski definition) is 0. The molecule has 2 heterocycles. The molecule has 82 valence electrons. The predicted molar refractivity (Wildman–Crippen MR) is 75.0 cm³/mol. The van der Waals surface area contributed by atoms with E-state index >= 15 is 0 Å². The Bertz CT molecular complexity index is 654. The molecule has 0 saturated heterocycles. The van der Waals surface area contributed by atoms with Crippen LogP contribution in [0.15, 0.2) is 53.9 Å². The van der Waals surface area contributed by atoms with Crippen molar-refractivity contribution in [3.05, 3.63) is 64.5 Å². The average molecular weight is 237 g/mol. The fourth-order valence-corrected chi connectivity index (χ4v) is 2.35. The van der Waals surface area contributed by atoms with Crippen molar-refractivity contribution in [2.75, 3.05) is 0 Å². The van der Waals surface area contributed by atoms with Gasteiger partial charge in [0.1, 0.15) is 0 Å². The zero-order valence-electron chi connectivity index (χ0n) is 9.21. The highest BCUT2D eigenvalue weighted by Crippen LogP contribution is 2.15. The maximum Gasteiger partial charge on any atom is 0.0709 e. The third kappa shape index (κ3) is 2.27. The predicted octanol–water partition coefficient (Wildman–Crippen LogP) is 4.47. The highest BCUT2D eigenvalue weighted by molar-refractivity contribution is 7.10. The van der Waals surface area contributed by atoms with Crippen LogP contribution in [0.3, 0.4) is 0 Å². The van der Waals surface area contributed by atoms with Crippen LogP contribution < -0.4 is 0 Å². The van der Waals surface area contributed by atoms with E-state index in [0.29, 0.717) is 0 Å². The lowest BCUT2D eigenvalue weighted by Crippen LogP contribution is -1.81. The maximum atomic E-state index is 4.59. The number of benzene rings is 1. The minimum Gasteiger partial charge on any atom is -0.248 e. The van der Waals surface area contributed by atoms with E-state index in [4.69, 9.17) is 0 Å². The van der Waals surface area contributed by atoms with Crippen LogP contribution in [0.5, 0.6) is 0 Å². The van der Waals surface area contributed by atoms with Gasteiger partial charge in [-0.3, -0.25) is 0 Å². The number of para-hydroxylation sites is 1. The molecule has 2 heteroatoms. The van der Waals surface area contributed by atoms with Gasteiger partial charge >= 0.3 is 0 Å². The smallest absolute Gasteiger partial charge is 0.0709 e. The SMILES string of the molecule is C(=Cc1cccs1)c1ccc2ccccc2n1. The Kier molecular flexibility index (Phi) is 2.72. The zero-order chi connectivity index (χ0) is 11.5. The molecule has 2 aromatic heterocycles. The molecule has 0 bridgehead atoms. The number of thiophene rings is 1. The van der Waals surface area contributed by atoms with Crippen LogP contribution in [0, 0.1) is 0 Å². The second kappa shape index (κ2) is 4.52. The van der Waals surface area contributed by atoms with Crippen molar-refractivity contribution in [3.8, 4) is 0 Å². The van der Waals surface area contributed by atoms with E-state index in [1.807, 2.05) is 24.3 Å². The Labute approximate surface area is 104 Å². The van der Waals surface area contributed by atoms with Crippen LogP contribution >= 0.6 is 11.3 Å². The van der Waals surface area contributed by atoms with Gasteiger partial charge in [0, 0.05) is 10.3 Å². The minimum absolute atomic E-state index is 0.997. The van der Waals surface area contributed by atoms with Gasteiger partial charge in [0.15, 0.2) is 0 Å². The summed E-state index contributed by atoms with van der Waals surface area (Å²) >= 11 is 1.73. The molecule has 0 aliphatic carbocycles. The molecule has 3 rings (SSSR count). The Morgan fingerprint density at radius 1 is 0.882 bits per heavy atom. The Morgan fingerprint density at radius 2 is 1.82 bits per heavy atom. The van der Waals surface area contributed by atoms with Crippen LogP contribution in [0.2, 0.25) is 0 Å². The van der Waals surface area contributed by atoms with Crippen molar-refractivity contribution >= 4 is 34.4 Å². The molecule has 0 atom stereocenters. The molecule has 17 heavy (non-hydrogen) atoms. The fraction of sp³-hybridized carbons (Fsp3) is 0. The average Bonchev–Trinajstić information content (AvgIpc) is 2.89. The summed E-state index contributed by atoms with van der Waals surface area (Å²) < 4.78 is 0. The Hall–Kier alpha value is -1.93. The van der Waals surface area contributed by atoms with Crippen molar-refractivity contribution < 1.29 is 0 Å². The van der Waals surface area contributed by atoms with Gasteiger partial charge < -0.3 is 0 Å². The highest BCUT2D eigenvalue weighted by atomic mass is 32.1. The number of fused-ring (bicyclic) bond motifs is 1. The second-order valence-electron chi connectivity index (χ2n) is 3.78. The standard InChI is InChI=1S/C15H11NS/c1-2-6-15-12(4-1)7-8-13(16-15)9-10-14-5-3-11-17-14/h1-11H. The van der Waals surface area contributed by atoms with Crippen molar-refractivity contribution in [2.45, 2.75) is 0 Å². The minimum atomic E-state index is 0.997. The molecule has 3 aromatic rings. The molecule has 1 aromatic carbocycles. The van der Waals surface area contributed by atoms with E-state index in [2.05, 4.69) is 46.8 Å². The molecule has 0 fully saturated rings. The van der Waals surface area contributed by atoms with Crippen molar-refractivity contribution in [3.63, 3.8) is 0 Å². The number of pyridine rings is 1. The van der Waals surface area contributed by atoms with Gasteiger partial charge in [-0.1, -0.05) is 30.3 Å². The first kappa shape index (κ1) is 10.2.